The van der Waals surface area contributed by atoms with Crippen LogP contribution >= 0.6 is 11.6 Å². The van der Waals surface area contributed by atoms with E-state index in [2.05, 4.69) is 5.32 Å². The number of nitrogens with one attached hydrogen (secondary N) is 1. The molecule has 0 aliphatic carbocycles. The molecule has 0 radical (unpaired) electrons. The molecule has 0 aromatic heterocycles. The lowest BCUT2D eigenvalue weighted by Gasteiger charge is -2.39. The zero-order valence-electron chi connectivity index (χ0n) is 17.8. The van der Waals surface area contributed by atoms with Crippen molar-refractivity contribution in [2.45, 2.75) is 43.2 Å². The van der Waals surface area contributed by atoms with Crippen molar-refractivity contribution in [3.05, 3.63) is 70.7 Å². The molecule has 2 unspecified atom stereocenters. The molecule has 6 nitrogen and oxygen atoms in total. The number of hydrogen-bond acceptors (Lipinski definition) is 4. The largest absolute Gasteiger partial charge is 0.614 e. The lowest BCUT2D eigenvalue weighted by atomic mass is 10.0. The van der Waals surface area contributed by atoms with Crippen molar-refractivity contribution in [1.82, 2.24) is 10.2 Å². The van der Waals surface area contributed by atoms with Crippen LogP contribution in [0.2, 0.25) is 5.02 Å². The minimum atomic E-state index is -1.24. The average Bonchev–Trinajstić information content (AvgIpc) is 2.79. The normalized spacial score (nSPS) is 16.4. The number of hydrogen-bond donors (Lipinski definition) is 1. The maximum absolute atomic E-state index is 12.6. The number of Topliss-reactive ketones (excluding diaryl/α,β-unsaturated/α-hetero) is 1. The summed E-state index contributed by atoms with van der Waals surface area (Å²) >= 11 is 4.59. The molecule has 0 saturated carbocycles. The van der Waals surface area contributed by atoms with Crippen LogP contribution < -0.4 is 5.32 Å². The molecule has 2 atom stereocenters. The predicted octanol–water partition coefficient (Wildman–Crippen LogP) is 3.71. The number of amides is 2. The number of likely N-dealkylation sites (tertiary alicyclic amines) is 1. The molecule has 1 aliphatic rings. The summed E-state index contributed by atoms with van der Waals surface area (Å²) in [6.45, 7) is 0.410. The Morgan fingerprint density at radius 2 is 1.78 bits per heavy atom. The third-order valence-electron chi connectivity index (χ3n) is 5.36. The number of nitrogens with zero attached hydrogens (tertiary/aromatic N) is 1. The number of halogens is 1. The first kappa shape index (κ1) is 24.3. The van der Waals surface area contributed by atoms with Crippen LogP contribution in [0.15, 0.2) is 54.6 Å². The number of β-lactam (4-membered cyclic amide) rings is 1. The number of benzene rings is 2. The monoisotopic (exact) mass is 474 g/mol. The van der Waals surface area contributed by atoms with Gasteiger partial charge in [0.15, 0.2) is 11.2 Å². The molecule has 3 rings (SSSR count). The molecule has 2 amide bonds. The predicted molar refractivity (Wildman–Crippen MR) is 126 cm³/mol. The summed E-state index contributed by atoms with van der Waals surface area (Å²) in [5.74, 6) is 0.0480. The quantitative estimate of drug-likeness (QED) is 0.220. The molecule has 32 heavy (non-hydrogen) atoms. The second-order valence-electron chi connectivity index (χ2n) is 7.78. The lowest BCUT2D eigenvalue weighted by Crippen LogP contribution is -2.59. The average molecular weight is 475 g/mol. The second kappa shape index (κ2) is 12.0. The lowest BCUT2D eigenvalue weighted by molar-refractivity contribution is -0.145. The molecule has 1 fully saturated rings. The molecule has 1 heterocycles. The van der Waals surface area contributed by atoms with Crippen LogP contribution in [-0.2, 0) is 26.5 Å². The summed E-state index contributed by atoms with van der Waals surface area (Å²) < 4.78 is 12.6. The summed E-state index contributed by atoms with van der Waals surface area (Å²) in [5, 5.41) is 3.00. The highest BCUT2D eigenvalue weighted by Crippen LogP contribution is 2.26. The summed E-state index contributed by atoms with van der Waals surface area (Å²) in [7, 11) is 0. The fraction of sp³-hybridized carbons (Fsp3) is 0.375. The Labute approximate surface area is 196 Å². The standard InChI is InChI=1S/C24H27ClN2O4S/c25-20-12-10-19(11-13-20)21(28)9-5-2-6-14-26-22(29)16-27-23(30)15-24(27)32(31)17-18-7-3-1-4-8-18/h1,3-4,7-8,10-13,24H,2,5-6,9,14-17H2,(H,26,29). The fourth-order valence-corrected chi connectivity index (χ4v) is 5.13. The van der Waals surface area contributed by atoms with Gasteiger partial charge in [0.1, 0.15) is 12.3 Å². The van der Waals surface area contributed by atoms with E-state index >= 15 is 0 Å². The van der Waals surface area contributed by atoms with Gasteiger partial charge in [0, 0.05) is 29.1 Å². The molecule has 1 saturated heterocycles. The molecular weight excluding hydrogens is 448 g/mol. The van der Waals surface area contributed by atoms with Crippen molar-refractivity contribution in [2.24, 2.45) is 0 Å². The minimum Gasteiger partial charge on any atom is -0.614 e. The van der Waals surface area contributed by atoms with E-state index < -0.39 is 16.5 Å². The first-order valence-electron chi connectivity index (χ1n) is 10.7. The van der Waals surface area contributed by atoms with Crippen LogP contribution in [0.25, 0.3) is 0 Å². The van der Waals surface area contributed by atoms with Gasteiger partial charge < -0.3 is 9.87 Å². The van der Waals surface area contributed by atoms with Crippen molar-refractivity contribution in [3.8, 4) is 0 Å². The summed E-state index contributed by atoms with van der Waals surface area (Å²) in [6.07, 6.45) is 2.96. The summed E-state index contributed by atoms with van der Waals surface area (Å²) in [5.41, 5.74) is 1.60. The van der Waals surface area contributed by atoms with E-state index in [1.807, 2.05) is 30.3 Å². The SMILES string of the molecule is O=C(CN1C(=O)CC1[S+]([O-])Cc1ccccc1)NCCCCCC(=O)c1ccc(Cl)cc1. The van der Waals surface area contributed by atoms with Crippen LogP contribution in [0.3, 0.4) is 0 Å². The van der Waals surface area contributed by atoms with Gasteiger partial charge in [-0.05, 0) is 48.3 Å². The van der Waals surface area contributed by atoms with Crippen molar-refractivity contribution in [2.75, 3.05) is 13.1 Å². The number of carbonyl (C=O) groups excluding carboxylic acids is 3. The van der Waals surface area contributed by atoms with E-state index in [0.717, 1.165) is 24.8 Å². The van der Waals surface area contributed by atoms with E-state index in [1.54, 1.807) is 24.3 Å². The smallest absolute Gasteiger partial charge is 0.239 e. The fourth-order valence-electron chi connectivity index (χ4n) is 3.49. The first-order chi connectivity index (χ1) is 15.4. The Morgan fingerprint density at radius 3 is 2.47 bits per heavy atom. The topological polar surface area (TPSA) is 89.5 Å². The Bertz CT molecular complexity index is 923. The third kappa shape index (κ3) is 7.08. The van der Waals surface area contributed by atoms with Gasteiger partial charge in [-0.15, -0.1) is 0 Å². The minimum absolute atomic E-state index is 0.0704. The molecule has 170 valence electrons. The highest BCUT2D eigenvalue weighted by Gasteiger charge is 2.45. The van der Waals surface area contributed by atoms with Crippen molar-refractivity contribution in [3.63, 3.8) is 0 Å². The molecule has 0 spiro atoms. The third-order valence-corrected chi connectivity index (χ3v) is 7.25. The first-order valence-corrected chi connectivity index (χ1v) is 12.5. The molecule has 1 N–H and O–H groups in total. The Balaban J connectivity index is 1.30. The van der Waals surface area contributed by atoms with Crippen molar-refractivity contribution in [1.29, 1.82) is 0 Å². The highest BCUT2D eigenvalue weighted by molar-refractivity contribution is 7.91. The van der Waals surface area contributed by atoms with Gasteiger partial charge in [0.2, 0.25) is 11.8 Å². The molecule has 1 aliphatic heterocycles. The maximum Gasteiger partial charge on any atom is 0.239 e. The molecule has 2 aromatic carbocycles. The van der Waals surface area contributed by atoms with E-state index in [9.17, 15) is 18.9 Å². The van der Waals surface area contributed by atoms with E-state index in [4.69, 9.17) is 11.6 Å². The van der Waals surface area contributed by atoms with Gasteiger partial charge in [-0.25, -0.2) is 0 Å². The molecule has 2 aromatic rings. The van der Waals surface area contributed by atoms with Gasteiger partial charge >= 0.3 is 0 Å². The van der Waals surface area contributed by atoms with E-state index in [-0.39, 0.29) is 30.6 Å². The van der Waals surface area contributed by atoms with Crippen LogP contribution in [0, 0.1) is 0 Å². The van der Waals surface area contributed by atoms with Crippen LogP contribution in [0.1, 0.15) is 48.0 Å². The molecule has 8 heteroatoms. The number of ketones is 1. The van der Waals surface area contributed by atoms with Crippen molar-refractivity contribution < 1.29 is 18.9 Å². The Hall–Kier alpha value is -2.35. The Morgan fingerprint density at radius 1 is 1.06 bits per heavy atom. The number of rotatable bonds is 12. The van der Waals surface area contributed by atoms with Gasteiger partial charge in [0.25, 0.3) is 0 Å². The highest BCUT2D eigenvalue weighted by atomic mass is 35.5. The second-order valence-corrected chi connectivity index (χ2v) is 9.81. The van der Waals surface area contributed by atoms with Crippen LogP contribution in [-0.4, -0.2) is 45.5 Å². The molecular formula is C24H27ClN2O4S. The van der Waals surface area contributed by atoms with Crippen LogP contribution in [0.4, 0.5) is 0 Å². The summed E-state index contributed by atoms with van der Waals surface area (Å²) in [6, 6.07) is 16.3. The van der Waals surface area contributed by atoms with E-state index in [0.29, 0.717) is 29.3 Å². The number of unbranched alkanes of at least 4 members (excludes halogenated alkanes) is 2. The zero-order chi connectivity index (χ0) is 22.9. The van der Waals surface area contributed by atoms with Gasteiger partial charge in [-0.3, -0.25) is 19.3 Å². The van der Waals surface area contributed by atoms with Gasteiger partial charge in [0.05, 0.1) is 6.42 Å². The van der Waals surface area contributed by atoms with Gasteiger partial charge in [-0.2, -0.15) is 0 Å². The Kier molecular flexibility index (Phi) is 9.14. The van der Waals surface area contributed by atoms with Crippen molar-refractivity contribution >= 4 is 40.4 Å². The zero-order valence-corrected chi connectivity index (χ0v) is 19.4. The summed E-state index contributed by atoms with van der Waals surface area (Å²) in [4.78, 5) is 37.6. The van der Waals surface area contributed by atoms with E-state index in [1.165, 1.54) is 4.90 Å². The maximum atomic E-state index is 12.6. The molecule has 0 bridgehead atoms. The number of carbonyl (C=O) groups is 3. The van der Waals surface area contributed by atoms with Crippen LogP contribution in [0.5, 0.6) is 0 Å². The van der Waals surface area contributed by atoms with Gasteiger partial charge in [-0.1, -0.05) is 48.4 Å².